The molecule has 1 aromatic heterocycles. The first-order valence-corrected chi connectivity index (χ1v) is 13.9. The van der Waals surface area contributed by atoms with Crippen molar-refractivity contribution < 1.29 is 9.53 Å². The first-order valence-electron chi connectivity index (χ1n) is 12.6. The number of nitrogens with one attached hydrogen (secondary N) is 1. The Bertz CT molecular complexity index is 877. The number of piperazine rings is 1. The van der Waals surface area contributed by atoms with Crippen molar-refractivity contribution in [3.05, 3.63) is 16.0 Å². The van der Waals surface area contributed by atoms with Crippen molar-refractivity contribution >= 4 is 39.6 Å². The lowest BCUT2D eigenvalue weighted by Gasteiger charge is -2.58. The second-order valence-corrected chi connectivity index (χ2v) is 12.3. The number of ether oxygens (including phenoxy) is 1. The largest absolute Gasteiger partial charge is 0.465 e. The molecule has 0 amide bonds. The molecule has 1 aromatic rings. The fourth-order valence-corrected chi connectivity index (χ4v) is 9.49. The summed E-state index contributed by atoms with van der Waals surface area (Å²) in [6, 6.07) is 0.821. The summed E-state index contributed by atoms with van der Waals surface area (Å²) in [5.41, 5.74) is 1.91. The molecule has 0 unspecified atom stereocenters. The van der Waals surface area contributed by atoms with Crippen LogP contribution in [-0.4, -0.2) is 60.2 Å². The van der Waals surface area contributed by atoms with Crippen LogP contribution in [0.2, 0.25) is 0 Å². The third kappa shape index (κ3) is 3.68. The molecule has 6 aliphatic rings. The number of aryl methyl sites for hydroxylation is 1. The van der Waals surface area contributed by atoms with Gasteiger partial charge in [0.1, 0.15) is 5.00 Å². The van der Waals surface area contributed by atoms with Crippen LogP contribution in [0.5, 0.6) is 0 Å². The van der Waals surface area contributed by atoms with Gasteiger partial charge in [-0.05, 0) is 99.2 Å². The van der Waals surface area contributed by atoms with Crippen LogP contribution in [0.4, 0.5) is 5.00 Å². The maximum atomic E-state index is 12.5. The molecule has 2 heterocycles. The maximum absolute atomic E-state index is 12.5. The lowest BCUT2D eigenvalue weighted by molar-refractivity contribution is -0.0726. The number of thiocarbonyl (C=S) groups is 1. The zero-order chi connectivity index (χ0) is 21.8. The van der Waals surface area contributed by atoms with Crippen LogP contribution < -0.4 is 5.32 Å². The summed E-state index contributed by atoms with van der Waals surface area (Å²) in [7, 11) is 1.47. The van der Waals surface area contributed by atoms with Crippen LogP contribution in [0.25, 0.3) is 0 Å². The molecule has 7 rings (SSSR count). The molecular weight excluding hydrogens is 438 g/mol. The molecule has 1 saturated heterocycles. The number of rotatable bonds is 3. The highest BCUT2D eigenvalue weighted by atomic mass is 32.1. The molecule has 1 aliphatic heterocycles. The lowest BCUT2D eigenvalue weighted by Crippen LogP contribution is -2.60. The fraction of sp³-hybridized carbons (Fsp3) is 0.760. The minimum Gasteiger partial charge on any atom is -0.465 e. The highest BCUT2D eigenvalue weighted by Crippen LogP contribution is 2.55. The normalized spacial score (nSPS) is 33.8. The zero-order valence-corrected chi connectivity index (χ0v) is 20.7. The van der Waals surface area contributed by atoms with Gasteiger partial charge in [0, 0.05) is 37.1 Å². The van der Waals surface area contributed by atoms with Crippen molar-refractivity contribution in [1.29, 1.82) is 0 Å². The summed E-state index contributed by atoms with van der Waals surface area (Å²) in [4.78, 5) is 19.0. The lowest BCUT2D eigenvalue weighted by atomic mass is 9.54. The molecule has 4 saturated carbocycles. The smallest absolute Gasteiger partial charge is 0.341 e. The first kappa shape index (κ1) is 21.4. The van der Waals surface area contributed by atoms with Crippen molar-refractivity contribution in [3.63, 3.8) is 0 Å². The summed E-state index contributed by atoms with van der Waals surface area (Å²) >= 11 is 7.53. The van der Waals surface area contributed by atoms with Gasteiger partial charge in [-0.2, -0.15) is 0 Å². The van der Waals surface area contributed by atoms with E-state index in [1.165, 1.54) is 56.1 Å². The number of esters is 1. The molecule has 5 fully saturated rings. The summed E-state index contributed by atoms with van der Waals surface area (Å²) in [6.45, 7) is 4.18. The minimum atomic E-state index is -0.235. The third-order valence-corrected chi connectivity index (χ3v) is 10.5. The van der Waals surface area contributed by atoms with Gasteiger partial charge in [-0.3, -0.25) is 4.90 Å². The molecule has 5 aliphatic carbocycles. The average Bonchev–Trinajstić information content (AvgIpc) is 3.16. The van der Waals surface area contributed by atoms with Crippen molar-refractivity contribution in [2.75, 3.05) is 38.6 Å². The SMILES string of the molecule is COC(=O)c1c(NC(=S)N2CCN(C3C4CC5CC(C4)CC3C5)CC2)sc2c1CCCC2. The molecule has 5 nitrogen and oxygen atoms in total. The van der Waals surface area contributed by atoms with Gasteiger partial charge in [-0.25, -0.2) is 4.79 Å². The Morgan fingerprint density at radius 2 is 1.66 bits per heavy atom. The summed E-state index contributed by atoms with van der Waals surface area (Å²) in [5, 5.41) is 5.10. The Kier molecular flexibility index (Phi) is 5.71. The van der Waals surface area contributed by atoms with E-state index in [1.54, 1.807) is 11.3 Å². The van der Waals surface area contributed by atoms with Crippen molar-refractivity contribution in [2.24, 2.45) is 23.7 Å². The number of carbonyl (C=O) groups excluding carboxylic acids is 1. The number of thiophene rings is 1. The van der Waals surface area contributed by atoms with Crippen LogP contribution in [0.15, 0.2) is 0 Å². The molecule has 4 bridgehead atoms. The number of fused-ring (bicyclic) bond motifs is 1. The highest BCUT2D eigenvalue weighted by molar-refractivity contribution is 7.80. The summed E-state index contributed by atoms with van der Waals surface area (Å²) in [5.74, 6) is 3.73. The topological polar surface area (TPSA) is 44.8 Å². The van der Waals surface area contributed by atoms with Gasteiger partial charge < -0.3 is 15.0 Å². The van der Waals surface area contributed by atoms with Crippen molar-refractivity contribution in [2.45, 2.75) is 63.8 Å². The van der Waals surface area contributed by atoms with E-state index in [0.717, 1.165) is 90.8 Å². The van der Waals surface area contributed by atoms with E-state index in [2.05, 4.69) is 15.1 Å². The Morgan fingerprint density at radius 3 is 2.31 bits per heavy atom. The first-order chi connectivity index (χ1) is 15.6. The third-order valence-electron chi connectivity index (χ3n) is 8.98. The van der Waals surface area contributed by atoms with E-state index in [0.29, 0.717) is 0 Å². The predicted octanol–water partition coefficient (Wildman–Crippen LogP) is 4.55. The van der Waals surface area contributed by atoms with Crippen LogP contribution in [0.1, 0.15) is 65.7 Å². The number of anilines is 1. The van der Waals surface area contributed by atoms with Gasteiger partial charge >= 0.3 is 5.97 Å². The van der Waals surface area contributed by atoms with Crippen LogP contribution in [0, 0.1) is 23.7 Å². The van der Waals surface area contributed by atoms with Crippen LogP contribution in [-0.2, 0) is 17.6 Å². The van der Waals surface area contributed by atoms with E-state index < -0.39 is 0 Å². The second kappa shape index (κ2) is 8.55. The maximum Gasteiger partial charge on any atom is 0.341 e. The van der Waals surface area contributed by atoms with Crippen molar-refractivity contribution in [3.8, 4) is 0 Å². The molecule has 1 N–H and O–H groups in total. The quantitative estimate of drug-likeness (QED) is 0.513. The Balaban J connectivity index is 1.11. The Hall–Kier alpha value is -1.18. The molecule has 0 spiro atoms. The molecule has 32 heavy (non-hydrogen) atoms. The van der Waals surface area contributed by atoms with Gasteiger partial charge in [-0.15, -0.1) is 11.3 Å². The van der Waals surface area contributed by atoms with Gasteiger partial charge in [0.2, 0.25) is 0 Å². The second-order valence-electron chi connectivity index (χ2n) is 10.8. The molecule has 7 heteroatoms. The van der Waals surface area contributed by atoms with E-state index in [9.17, 15) is 4.79 Å². The zero-order valence-electron chi connectivity index (χ0n) is 19.1. The average molecular weight is 474 g/mol. The van der Waals surface area contributed by atoms with E-state index in [4.69, 9.17) is 17.0 Å². The summed E-state index contributed by atoms with van der Waals surface area (Å²) < 4.78 is 5.12. The van der Waals surface area contributed by atoms with Gasteiger partial charge in [0.25, 0.3) is 0 Å². The Morgan fingerprint density at radius 1 is 1.00 bits per heavy atom. The monoisotopic (exact) mass is 473 g/mol. The predicted molar refractivity (Wildman–Crippen MR) is 133 cm³/mol. The van der Waals surface area contributed by atoms with Crippen LogP contribution >= 0.6 is 23.6 Å². The fourth-order valence-electron chi connectivity index (χ4n) is 7.86. The van der Waals surface area contributed by atoms with Gasteiger partial charge in [0.05, 0.1) is 12.7 Å². The molecular formula is C25H35N3O2S2. The van der Waals surface area contributed by atoms with E-state index in [1.807, 2.05) is 0 Å². The number of carbonyl (C=O) groups is 1. The number of hydrogen-bond donors (Lipinski definition) is 1. The number of hydrogen-bond acceptors (Lipinski definition) is 5. The molecule has 0 aromatic carbocycles. The number of nitrogens with zero attached hydrogens (tertiary/aromatic N) is 2. The van der Waals surface area contributed by atoms with Gasteiger partial charge in [-0.1, -0.05) is 0 Å². The van der Waals surface area contributed by atoms with Crippen molar-refractivity contribution in [1.82, 2.24) is 9.80 Å². The van der Waals surface area contributed by atoms with Gasteiger partial charge in [0.15, 0.2) is 5.11 Å². The highest BCUT2D eigenvalue weighted by Gasteiger charge is 2.50. The Labute approximate surface area is 200 Å². The molecule has 174 valence electrons. The van der Waals surface area contributed by atoms with E-state index in [-0.39, 0.29) is 5.97 Å². The summed E-state index contributed by atoms with van der Waals surface area (Å²) in [6.07, 6.45) is 11.8. The van der Waals surface area contributed by atoms with Crippen LogP contribution in [0.3, 0.4) is 0 Å². The molecule has 0 atom stereocenters. The van der Waals surface area contributed by atoms with E-state index >= 15 is 0 Å². The minimum absolute atomic E-state index is 0.235. The standard InChI is InChI=1S/C25H35N3O2S2/c1-30-24(29)21-19-4-2-3-5-20(19)32-23(21)26-25(31)28-8-6-27(7-9-28)22-17-11-15-10-16(13-17)14-18(22)12-15/h15-18,22H,2-14H2,1H3,(H,26,31). The number of methoxy groups -OCH3 is 1. The molecule has 0 radical (unpaired) electrons.